The third-order valence-electron chi connectivity index (χ3n) is 9.83. The predicted molar refractivity (Wildman–Crippen MR) is 133 cm³/mol. The van der Waals surface area contributed by atoms with Crippen LogP contribution >= 0.6 is 0 Å². The highest BCUT2D eigenvalue weighted by atomic mass is 16.2. The molecule has 10 nitrogen and oxygen atoms in total. The molecule has 10 heteroatoms. The summed E-state index contributed by atoms with van der Waals surface area (Å²) in [6, 6.07) is 1.14. The second-order valence-electron chi connectivity index (χ2n) is 15.7. The van der Waals surface area contributed by atoms with Gasteiger partial charge in [0.25, 0.3) is 0 Å². The Bertz CT molecular complexity index is 824. The summed E-state index contributed by atoms with van der Waals surface area (Å²) >= 11 is 0. The number of carbonyl (C=O) groups is 2. The summed E-state index contributed by atoms with van der Waals surface area (Å²) < 4.78 is 0. The first-order valence-electron chi connectivity index (χ1n) is 14.1. The van der Waals surface area contributed by atoms with Crippen LogP contribution in [0.1, 0.15) is 81.1 Å². The molecule has 0 atom stereocenters. The van der Waals surface area contributed by atoms with Gasteiger partial charge in [-0.05, 0) is 55.4 Å². The average molecular weight is 507 g/mol. The SMILES string of the molecule is CC1(C)CC([NH+]2CN3C(=O)N4C[NH+](C5CC(C)(C)[NH2+]C(C)(C)C5)CN5C(=O)N(C2)C3C45)CC(C)(C)[NH2+]1. The Morgan fingerprint density at radius 1 is 0.556 bits per heavy atom. The fourth-order valence-corrected chi connectivity index (χ4v) is 9.51. The summed E-state index contributed by atoms with van der Waals surface area (Å²) in [6.07, 6.45) is 4.14. The Labute approximate surface area is 216 Å². The highest BCUT2D eigenvalue weighted by molar-refractivity contribution is 5.85. The Balaban J connectivity index is 1.24. The van der Waals surface area contributed by atoms with Gasteiger partial charge >= 0.3 is 12.1 Å². The van der Waals surface area contributed by atoms with Crippen LogP contribution in [0, 0.1) is 0 Å². The van der Waals surface area contributed by atoms with Crippen LogP contribution in [0.4, 0.5) is 9.59 Å². The molecule has 6 aliphatic heterocycles. The van der Waals surface area contributed by atoms with Crippen LogP contribution in [-0.4, -0.2) is 105 Å². The standard InChI is InChI=1S/C26H46N8O2/c1-23(2)9-17(10-24(3,4)27-23)29-13-31-19-20-33(21(31)35)15-30(16-34(20)22(36)32(19)14-29)18-11-25(5,6)28-26(7,8)12-18/h17-20,27-28H,9-16H2,1-8H3/p+4. The molecule has 0 radical (unpaired) electrons. The maximum Gasteiger partial charge on any atom is 0.332 e. The lowest BCUT2D eigenvalue weighted by Crippen LogP contribution is -3.23. The molecule has 6 aliphatic rings. The van der Waals surface area contributed by atoms with Gasteiger partial charge in [-0.1, -0.05) is 0 Å². The molecule has 6 heterocycles. The van der Waals surface area contributed by atoms with Crippen molar-refractivity contribution in [2.24, 2.45) is 0 Å². The quantitative estimate of drug-likeness (QED) is 0.329. The van der Waals surface area contributed by atoms with Crippen LogP contribution in [-0.2, 0) is 0 Å². The third-order valence-corrected chi connectivity index (χ3v) is 9.83. The summed E-state index contributed by atoms with van der Waals surface area (Å²) in [5.41, 5.74) is 0.648. The highest BCUT2D eigenvalue weighted by Crippen LogP contribution is 2.36. The smallest absolute Gasteiger partial charge is 0.332 e. The molecule has 36 heavy (non-hydrogen) atoms. The van der Waals surface area contributed by atoms with Crippen LogP contribution in [0.3, 0.4) is 0 Å². The number of nitrogens with one attached hydrogen (secondary N) is 2. The van der Waals surface area contributed by atoms with Crippen molar-refractivity contribution < 1.29 is 30.0 Å². The Morgan fingerprint density at radius 3 is 1.06 bits per heavy atom. The Morgan fingerprint density at radius 2 is 0.806 bits per heavy atom. The summed E-state index contributed by atoms with van der Waals surface area (Å²) in [5.74, 6) is 0. The van der Waals surface area contributed by atoms with Crippen molar-refractivity contribution in [2.45, 2.75) is 128 Å². The van der Waals surface area contributed by atoms with Gasteiger partial charge < -0.3 is 10.6 Å². The van der Waals surface area contributed by atoms with Crippen LogP contribution in [0.5, 0.6) is 0 Å². The van der Waals surface area contributed by atoms with E-state index in [-0.39, 0.29) is 46.5 Å². The molecule has 6 fully saturated rings. The molecule has 0 aromatic rings. The Kier molecular flexibility index (Phi) is 5.14. The lowest BCUT2D eigenvalue weighted by atomic mass is 9.79. The van der Waals surface area contributed by atoms with Gasteiger partial charge in [-0.2, -0.15) is 0 Å². The van der Waals surface area contributed by atoms with Crippen molar-refractivity contribution in [1.29, 1.82) is 0 Å². The first kappa shape index (κ1) is 24.7. The van der Waals surface area contributed by atoms with Crippen molar-refractivity contribution in [3.63, 3.8) is 0 Å². The minimum atomic E-state index is -0.126. The Hall–Kier alpha value is -1.62. The van der Waals surface area contributed by atoms with Crippen molar-refractivity contribution >= 4 is 12.1 Å². The van der Waals surface area contributed by atoms with E-state index in [4.69, 9.17) is 0 Å². The molecule has 0 saturated carbocycles. The largest absolute Gasteiger partial charge is 0.337 e. The van der Waals surface area contributed by atoms with Crippen molar-refractivity contribution in [3.05, 3.63) is 0 Å². The molecular weight excluding hydrogens is 456 g/mol. The first-order valence-corrected chi connectivity index (χ1v) is 14.1. The zero-order chi connectivity index (χ0) is 26.0. The van der Waals surface area contributed by atoms with Crippen LogP contribution in [0.2, 0.25) is 0 Å². The number of carbonyl (C=O) groups excluding carboxylic acids is 2. The number of quaternary nitrogens is 4. The number of piperidine rings is 2. The van der Waals surface area contributed by atoms with E-state index < -0.39 is 0 Å². The zero-order valence-corrected chi connectivity index (χ0v) is 23.7. The molecule has 0 bridgehead atoms. The summed E-state index contributed by atoms with van der Waals surface area (Å²) in [5, 5.41) is 5.01. The lowest BCUT2D eigenvalue weighted by Gasteiger charge is -2.48. The van der Waals surface area contributed by atoms with E-state index in [1.165, 1.54) is 9.80 Å². The van der Waals surface area contributed by atoms with Crippen LogP contribution in [0.25, 0.3) is 0 Å². The van der Waals surface area contributed by atoms with Crippen molar-refractivity contribution in [2.75, 3.05) is 26.7 Å². The van der Waals surface area contributed by atoms with Crippen LogP contribution < -0.4 is 20.4 Å². The first-order chi connectivity index (χ1) is 16.5. The summed E-state index contributed by atoms with van der Waals surface area (Å²) in [6.45, 7) is 21.5. The third kappa shape index (κ3) is 3.90. The van der Waals surface area contributed by atoms with E-state index in [1.54, 1.807) is 0 Å². The van der Waals surface area contributed by atoms with E-state index in [1.807, 2.05) is 19.6 Å². The van der Waals surface area contributed by atoms with Crippen molar-refractivity contribution in [3.8, 4) is 0 Å². The normalized spacial score (nSPS) is 39.1. The van der Waals surface area contributed by atoms with E-state index in [9.17, 15) is 9.59 Å². The van der Waals surface area contributed by atoms with E-state index in [0.717, 1.165) is 25.7 Å². The van der Waals surface area contributed by atoms with E-state index >= 15 is 0 Å². The molecule has 0 unspecified atom stereocenters. The molecule has 6 saturated heterocycles. The second kappa shape index (κ2) is 7.48. The van der Waals surface area contributed by atoms with Gasteiger partial charge in [-0.3, -0.25) is 29.4 Å². The van der Waals surface area contributed by atoms with Gasteiger partial charge in [-0.15, -0.1) is 0 Å². The minimum absolute atomic E-state index is 0.126. The van der Waals surface area contributed by atoms with Gasteiger partial charge in [0.15, 0.2) is 39.0 Å². The maximum atomic E-state index is 13.9. The average Bonchev–Trinajstić information content (AvgIpc) is 3.15. The molecule has 4 amide bonds. The number of hydrogen-bond acceptors (Lipinski definition) is 2. The van der Waals surface area contributed by atoms with Gasteiger partial charge in [0, 0.05) is 0 Å². The maximum absolute atomic E-state index is 13.9. The monoisotopic (exact) mass is 506 g/mol. The van der Waals surface area contributed by atoms with Gasteiger partial charge in [0.05, 0.1) is 47.8 Å². The number of nitrogens with zero attached hydrogens (tertiary/aromatic N) is 4. The molecule has 0 spiro atoms. The van der Waals surface area contributed by atoms with Gasteiger partial charge in [0.1, 0.15) is 12.1 Å². The van der Waals surface area contributed by atoms with Gasteiger partial charge in [0.2, 0.25) is 0 Å². The fourth-order valence-electron chi connectivity index (χ4n) is 9.51. The second-order valence-corrected chi connectivity index (χ2v) is 15.7. The molecule has 0 aromatic heterocycles. The number of amides is 4. The summed E-state index contributed by atoms with van der Waals surface area (Å²) in [7, 11) is 0. The molecule has 6 rings (SSSR count). The molecule has 6 N–H and O–H groups in total. The number of nitrogens with two attached hydrogens (primary N) is 2. The fraction of sp³-hybridized carbons (Fsp3) is 0.923. The molecule has 0 aromatic carbocycles. The molecule has 202 valence electrons. The topological polar surface area (TPSA) is 89.2 Å². The van der Waals surface area contributed by atoms with Crippen molar-refractivity contribution in [1.82, 2.24) is 19.6 Å². The van der Waals surface area contributed by atoms with Gasteiger partial charge in [-0.25, -0.2) is 9.59 Å². The number of urea groups is 2. The highest BCUT2D eigenvalue weighted by Gasteiger charge is 2.67. The molecular formula is C26H50N8O2+4. The lowest BCUT2D eigenvalue weighted by molar-refractivity contribution is -0.964. The summed E-state index contributed by atoms with van der Waals surface area (Å²) in [4.78, 5) is 38.6. The molecule has 0 aliphatic carbocycles. The predicted octanol–water partition coefficient (Wildman–Crippen LogP) is -2.69. The number of hydrogen-bond donors (Lipinski definition) is 4. The zero-order valence-electron chi connectivity index (χ0n) is 23.7. The van der Waals surface area contributed by atoms with E-state index in [2.05, 4.69) is 66.0 Å². The van der Waals surface area contributed by atoms with E-state index in [0.29, 0.717) is 38.8 Å². The minimum Gasteiger partial charge on any atom is -0.337 e. The number of rotatable bonds is 2. The van der Waals surface area contributed by atoms with Crippen LogP contribution in [0.15, 0.2) is 0 Å².